The van der Waals surface area contributed by atoms with E-state index in [1.54, 1.807) is 24.4 Å². The number of methoxy groups -OCH3 is 1. The Morgan fingerprint density at radius 1 is 1.21 bits per heavy atom. The molecule has 0 unspecified atom stereocenters. The molecular formula is C16H19N3O4S. The number of carbonyl (C=O) groups is 1. The Balaban J connectivity index is 1.86. The number of carbonyl (C=O) groups excluding carboxylic acids is 1. The van der Waals surface area contributed by atoms with E-state index < -0.39 is 10.0 Å². The highest BCUT2D eigenvalue weighted by atomic mass is 32.2. The van der Waals surface area contributed by atoms with Crippen LogP contribution in [-0.4, -0.2) is 33.0 Å². The Labute approximate surface area is 141 Å². The summed E-state index contributed by atoms with van der Waals surface area (Å²) >= 11 is 0. The second-order valence-electron chi connectivity index (χ2n) is 5.09. The number of sulfonamides is 1. The Morgan fingerprint density at radius 3 is 2.54 bits per heavy atom. The van der Waals surface area contributed by atoms with E-state index in [0.29, 0.717) is 11.6 Å². The molecule has 24 heavy (non-hydrogen) atoms. The number of aromatic nitrogens is 1. The second-order valence-corrected chi connectivity index (χ2v) is 6.86. The number of anilines is 1. The van der Waals surface area contributed by atoms with Gasteiger partial charge < -0.3 is 10.1 Å². The summed E-state index contributed by atoms with van der Waals surface area (Å²) < 4.78 is 31.6. The first-order valence-corrected chi connectivity index (χ1v) is 8.75. The Bertz CT molecular complexity index is 804. The average molecular weight is 349 g/mol. The number of aryl methyl sites for hydroxylation is 1. The zero-order chi connectivity index (χ0) is 17.6. The maximum absolute atomic E-state index is 12.1. The van der Waals surface area contributed by atoms with Crippen LogP contribution >= 0.6 is 0 Å². The van der Waals surface area contributed by atoms with Crippen LogP contribution in [0.5, 0.6) is 5.75 Å². The summed E-state index contributed by atoms with van der Waals surface area (Å²) in [5, 5.41) is 2.62. The van der Waals surface area contributed by atoms with Gasteiger partial charge in [0.05, 0.1) is 12.0 Å². The van der Waals surface area contributed by atoms with Crippen molar-refractivity contribution in [2.75, 3.05) is 19.0 Å². The topological polar surface area (TPSA) is 97.4 Å². The second kappa shape index (κ2) is 7.89. The van der Waals surface area contributed by atoms with Crippen molar-refractivity contribution in [2.24, 2.45) is 0 Å². The molecule has 0 saturated carbocycles. The highest BCUT2D eigenvalue weighted by Gasteiger charge is 2.14. The van der Waals surface area contributed by atoms with Crippen LogP contribution in [0.2, 0.25) is 0 Å². The van der Waals surface area contributed by atoms with Gasteiger partial charge in [-0.25, -0.2) is 18.1 Å². The number of benzene rings is 1. The van der Waals surface area contributed by atoms with Gasteiger partial charge in [-0.2, -0.15) is 0 Å². The van der Waals surface area contributed by atoms with Gasteiger partial charge in [0.15, 0.2) is 0 Å². The molecule has 0 aliphatic rings. The van der Waals surface area contributed by atoms with Gasteiger partial charge >= 0.3 is 0 Å². The first-order valence-electron chi connectivity index (χ1n) is 7.27. The van der Waals surface area contributed by atoms with Crippen molar-refractivity contribution in [1.82, 2.24) is 9.71 Å². The predicted octanol–water partition coefficient (Wildman–Crippen LogP) is 1.71. The van der Waals surface area contributed by atoms with Gasteiger partial charge in [-0.1, -0.05) is 0 Å². The number of ether oxygens (including phenoxy) is 1. The minimum absolute atomic E-state index is 0.00497. The van der Waals surface area contributed by atoms with Crippen molar-refractivity contribution in [3.8, 4) is 5.75 Å². The number of amides is 1. The average Bonchev–Trinajstić information content (AvgIpc) is 2.54. The third-order valence-electron chi connectivity index (χ3n) is 3.20. The minimum Gasteiger partial charge on any atom is -0.497 e. The summed E-state index contributed by atoms with van der Waals surface area (Å²) in [4.78, 5) is 16.0. The molecular weight excluding hydrogens is 330 g/mol. The number of pyridine rings is 1. The fourth-order valence-electron chi connectivity index (χ4n) is 1.95. The molecule has 7 nitrogen and oxygen atoms in total. The third kappa shape index (κ3) is 5.04. The number of hydrogen-bond acceptors (Lipinski definition) is 5. The summed E-state index contributed by atoms with van der Waals surface area (Å²) in [6, 6.07) is 9.56. The molecule has 0 bridgehead atoms. The maximum Gasteiger partial charge on any atom is 0.240 e. The normalized spacial score (nSPS) is 11.1. The van der Waals surface area contributed by atoms with Crippen LogP contribution in [0.25, 0.3) is 0 Å². The highest BCUT2D eigenvalue weighted by Crippen LogP contribution is 2.15. The lowest BCUT2D eigenvalue weighted by Crippen LogP contribution is -2.28. The van der Waals surface area contributed by atoms with E-state index in [2.05, 4.69) is 15.0 Å². The number of hydrogen-bond donors (Lipinski definition) is 2. The van der Waals surface area contributed by atoms with E-state index in [-0.39, 0.29) is 23.8 Å². The van der Waals surface area contributed by atoms with Crippen LogP contribution in [0.15, 0.2) is 47.5 Å². The van der Waals surface area contributed by atoms with Crippen LogP contribution in [0.1, 0.15) is 12.0 Å². The molecule has 0 saturated heterocycles. The van der Waals surface area contributed by atoms with Gasteiger partial charge in [0.1, 0.15) is 11.6 Å². The van der Waals surface area contributed by atoms with Crippen molar-refractivity contribution in [3.05, 3.63) is 48.2 Å². The molecule has 1 aromatic carbocycles. The molecule has 0 spiro atoms. The van der Waals surface area contributed by atoms with Gasteiger partial charge in [-0.05, 0) is 48.9 Å². The molecule has 0 aliphatic carbocycles. The van der Waals surface area contributed by atoms with Crippen molar-refractivity contribution < 1.29 is 17.9 Å². The Morgan fingerprint density at radius 2 is 1.92 bits per heavy atom. The van der Waals surface area contributed by atoms with Crippen molar-refractivity contribution in [3.63, 3.8) is 0 Å². The maximum atomic E-state index is 12.1. The molecule has 0 atom stereocenters. The van der Waals surface area contributed by atoms with Crippen LogP contribution < -0.4 is 14.8 Å². The standard InChI is InChI=1S/C16H19N3O4S/c1-12-7-9-17-15(11-12)19-16(20)8-10-18-24(21,22)14-5-3-13(23-2)4-6-14/h3-7,9,11,18H,8,10H2,1-2H3,(H,17,19,20). The van der Waals surface area contributed by atoms with Gasteiger partial charge in [0.2, 0.25) is 15.9 Å². The fourth-order valence-corrected chi connectivity index (χ4v) is 2.98. The van der Waals surface area contributed by atoms with Gasteiger partial charge in [0.25, 0.3) is 0 Å². The molecule has 1 heterocycles. The highest BCUT2D eigenvalue weighted by molar-refractivity contribution is 7.89. The zero-order valence-corrected chi connectivity index (χ0v) is 14.3. The van der Waals surface area contributed by atoms with Crippen molar-refractivity contribution in [1.29, 1.82) is 0 Å². The molecule has 8 heteroatoms. The molecule has 2 aromatic rings. The first-order chi connectivity index (χ1) is 11.4. The Hall–Kier alpha value is -2.45. The van der Waals surface area contributed by atoms with E-state index in [1.807, 2.05) is 13.0 Å². The summed E-state index contributed by atoms with van der Waals surface area (Å²) in [7, 11) is -2.16. The zero-order valence-electron chi connectivity index (χ0n) is 13.4. The van der Waals surface area contributed by atoms with E-state index in [1.165, 1.54) is 19.2 Å². The van der Waals surface area contributed by atoms with Gasteiger partial charge in [0, 0.05) is 19.2 Å². The lowest BCUT2D eigenvalue weighted by molar-refractivity contribution is -0.116. The summed E-state index contributed by atoms with van der Waals surface area (Å²) in [5.41, 5.74) is 0.973. The SMILES string of the molecule is COc1ccc(S(=O)(=O)NCCC(=O)Nc2cc(C)ccn2)cc1. The van der Waals surface area contributed by atoms with Crippen molar-refractivity contribution in [2.45, 2.75) is 18.2 Å². The molecule has 0 fully saturated rings. The fraction of sp³-hybridized carbons (Fsp3) is 0.250. The molecule has 128 valence electrons. The van der Waals surface area contributed by atoms with Crippen molar-refractivity contribution >= 4 is 21.7 Å². The van der Waals surface area contributed by atoms with Crippen LogP contribution in [0, 0.1) is 6.92 Å². The lowest BCUT2D eigenvalue weighted by Gasteiger charge is -2.08. The smallest absolute Gasteiger partial charge is 0.240 e. The molecule has 0 aliphatic heterocycles. The first kappa shape index (κ1) is 17.9. The lowest BCUT2D eigenvalue weighted by atomic mass is 10.3. The summed E-state index contributed by atoms with van der Waals surface area (Å²) in [6.07, 6.45) is 1.60. The molecule has 0 radical (unpaired) electrons. The van der Waals surface area contributed by atoms with E-state index in [9.17, 15) is 13.2 Å². The number of rotatable bonds is 7. The van der Waals surface area contributed by atoms with Crippen LogP contribution in [-0.2, 0) is 14.8 Å². The quantitative estimate of drug-likeness (QED) is 0.793. The molecule has 1 amide bonds. The molecule has 1 aromatic heterocycles. The van der Waals surface area contributed by atoms with E-state index in [4.69, 9.17) is 4.74 Å². The summed E-state index contributed by atoms with van der Waals surface area (Å²) in [6.45, 7) is 1.88. The van der Waals surface area contributed by atoms with E-state index in [0.717, 1.165) is 5.56 Å². The van der Waals surface area contributed by atoms with Gasteiger partial charge in [-0.3, -0.25) is 4.79 Å². The monoisotopic (exact) mass is 349 g/mol. The number of nitrogens with zero attached hydrogens (tertiary/aromatic N) is 1. The third-order valence-corrected chi connectivity index (χ3v) is 4.67. The Kier molecular flexibility index (Phi) is 5.88. The predicted molar refractivity (Wildman–Crippen MR) is 90.4 cm³/mol. The minimum atomic E-state index is -3.66. The van der Waals surface area contributed by atoms with E-state index >= 15 is 0 Å². The largest absolute Gasteiger partial charge is 0.497 e. The molecule has 2 rings (SSSR count). The summed E-state index contributed by atoms with van der Waals surface area (Å²) in [5.74, 6) is 0.697. The van der Waals surface area contributed by atoms with Crippen LogP contribution in [0.4, 0.5) is 5.82 Å². The van der Waals surface area contributed by atoms with Crippen LogP contribution in [0.3, 0.4) is 0 Å². The number of nitrogens with one attached hydrogen (secondary N) is 2. The molecule has 2 N–H and O–H groups in total. The van der Waals surface area contributed by atoms with Gasteiger partial charge in [-0.15, -0.1) is 0 Å².